The van der Waals surface area contributed by atoms with Crippen molar-refractivity contribution in [3.8, 4) is 11.5 Å². The van der Waals surface area contributed by atoms with Gasteiger partial charge in [0.1, 0.15) is 5.82 Å². The van der Waals surface area contributed by atoms with Gasteiger partial charge in [0.05, 0.1) is 25.3 Å². The lowest BCUT2D eigenvalue weighted by atomic mass is 9.98. The predicted molar refractivity (Wildman–Crippen MR) is 106 cm³/mol. The summed E-state index contributed by atoms with van der Waals surface area (Å²) >= 11 is 0. The number of methoxy groups -OCH3 is 2. The summed E-state index contributed by atoms with van der Waals surface area (Å²) in [6.45, 7) is 2.33. The Kier molecular flexibility index (Phi) is 4.74. The number of carbonyl (C=O) groups is 2. The molecule has 0 radical (unpaired) electrons. The van der Waals surface area contributed by atoms with Crippen LogP contribution < -0.4 is 9.47 Å². The van der Waals surface area contributed by atoms with Crippen LogP contribution in [-0.2, 0) is 13.0 Å². The normalized spacial score (nSPS) is 13.3. The van der Waals surface area contributed by atoms with Crippen molar-refractivity contribution in [1.29, 1.82) is 0 Å². The standard InChI is InChI=1S/C22H21FN2O4/c1-13(26)25-12-18(17-10-16(23)4-5-19(17)25)22(27)24-7-6-14-8-20(28-2)21(29-3)9-15(14)11-24/h4-5,8-10,12H,6-7,11H2,1-3H3. The van der Waals surface area contributed by atoms with Crippen LogP contribution in [0.5, 0.6) is 11.5 Å². The topological polar surface area (TPSA) is 60.8 Å². The van der Waals surface area contributed by atoms with Crippen molar-refractivity contribution in [2.24, 2.45) is 0 Å². The quantitative estimate of drug-likeness (QED) is 0.678. The lowest BCUT2D eigenvalue weighted by Crippen LogP contribution is -2.36. The summed E-state index contributed by atoms with van der Waals surface area (Å²) < 4.78 is 25.9. The van der Waals surface area contributed by atoms with Crippen LogP contribution in [0.15, 0.2) is 36.5 Å². The zero-order valence-corrected chi connectivity index (χ0v) is 16.5. The summed E-state index contributed by atoms with van der Waals surface area (Å²) in [7, 11) is 3.16. The van der Waals surface area contributed by atoms with Crippen molar-refractivity contribution in [3.05, 3.63) is 59.0 Å². The lowest BCUT2D eigenvalue weighted by Gasteiger charge is -2.29. The van der Waals surface area contributed by atoms with Crippen molar-refractivity contribution >= 4 is 22.7 Å². The number of hydrogen-bond donors (Lipinski definition) is 0. The molecule has 0 N–H and O–H groups in total. The largest absolute Gasteiger partial charge is 0.493 e. The molecule has 29 heavy (non-hydrogen) atoms. The van der Waals surface area contributed by atoms with Gasteiger partial charge in [0.15, 0.2) is 11.5 Å². The van der Waals surface area contributed by atoms with E-state index in [-0.39, 0.29) is 11.8 Å². The predicted octanol–water partition coefficient (Wildman–Crippen LogP) is 3.66. The molecule has 0 bridgehead atoms. The summed E-state index contributed by atoms with van der Waals surface area (Å²) in [5.74, 6) is 0.345. The van der Waals surface area contributed by atoms with Crippen LogP contribution in [0.4, 0.5) is 4.39 Å². The molecular formula is C22H21FN2O4. The van der Waals surface area contributed by atoms with Gasteiger partial charge in [0.25, 0.3) is 5.91 Å². The summed E-state index contributed by atoms with van der Waals surface area (Å²) in [4.78, 5) is 26.9. The maximum absolute atomic E-state index is 13.8. The molecule has 4 rings (SSSR count). The number of ether oxygens (including phenoxy) is 2. The molecule has 1 aliphatic heterocycles. The van der Waals surface area contributed by atoms with Gasteiger partial charge in [0, 0.05) is 31.6 Å². The van der Waals surface area contributed by atoms with Gasteiger partial charge in [-0.05, 0) is 47.9 Å². The second-order valence-electron chi connectivity index (χ2n) is 7.05. The Hall–Kier alpha value is -3.35. The molecule has 2 heterocycles. The van der Waals surface area contributed by atoms with E-state index in [1.165, 1.54) is 35.9 Å². The van der Waals surface area contributed by atoms with Gasteiger partial charge in [-0.25, -0.2) is 4.39 Å². The molecule has 0 saturated carbocycles. The van der Waals surface area contributed by atoms with E-state index < -0.39 is 5.82 Å². The molecule has 0 aliphatic carbocycles. The Labute approximate surface area is 167 Å². The molecule has 2 aromatic carbocycles. The first kappa shape index (κ1) is 19.0. The first-order valence-electron chi connectivity index (χ1n) is 9.27. The molecule has 1 aliphatic rings. The highest BCUT2D eigenvalue weighted by molar-refractivity contribution is 6.09. The van der Waals surface area contributed by atoms with E-state index in [0.717, 1.165) is 11.1 Å². The minimum Gasteiger partial charge on any atom is -0.493 e. The van der Waals surface area contributed by atoms with Gasteiger partial charge in [-0.2, -0.15) is 0 Å². The number of halogens is 1. The number of rotatable bonds is 3. The van der Waals surface area contributed by atoms with Gasteiger partial charge < -0.3 is 14.4 Å². The van der Waals surface area contributed by atoms with Crippen molar-refractivity contribution < 1.29 is 23.5 Å². The average molecular weight is 396 g/mol. The molecule has 150 valence electrons. The Balaban J connectivity index is 1.72. The lowest BCUT2D eigenvalue weighted by molar-refractivity contribution is 0.0736. The second-order valence-corrected chi connectivity index (χ2v) is 7.05. The minimum atomic E-state index is -0.450. The fourth-order valence-electron chi connectivity index (χ4n) is 3.86. The molecule has 3 aromatic rings. The summed E-state index contributed by atoms with van der Waals surface area (Å²) in [5.41, 5.74) is 2.91. The third-order valence-corrected chi connectivity index (χ3v) is 5.34. The number of fused-ring (bicyclic) bond motifs is 2. The molecule has 7 heteroatoms. The van der Waals surface area contributed by atoms with E-state index in [0.29, 0.717) is 47.5 Å². The van der Waals surface area contributed by atoms with Gasteiger partial charge in [-0.1, -0.05) is 0 Å². The Morgan fingerprint density at radius 3 is 2.38 bits per heavy atom. The summed E-state index contributed by atoms with van der Waals surface area (Å²) in [5, 5.41) is 0.434. The van der Waals surface area contributed by atoms with E-state index in [4.69, 9.17) is 9.47 Å². The van der Waals surface area contributed by atoms with Gasteiger partial charge >= 0.3 is 0 Å². The monoisotopic (exact) mass is 396 g/mol. The first-order chi connectivity index (χ1) is 13.9. The van der Waals surface area contributed by atoms with Gasteiger partial charge in [-0.3, -0.25) is 14.2 Å². The van der Waals surface area contributed by atoms with Gasteiger partial charge in [0.2, 0.25) is 5.91 Å². The number of hydrogen-bond acceptors (Lipinski definition) is 4. The number of nitrogens with zero attached hydrogens (tertiary/aromatic N) is 2. The zero-order chi connectivity index (χ0) is 20.7. The Morgan fingerprint density at radius 2 is 1.72 bits per heavy atom. The van der Waals surface area contributed by atoms with E-state index in [9.17, 15) is 14.0 Å². The van der Waals surface area contributed by atoms with Gasteiger partial charge in [-0.15, -0.1) is 0 Å². The summed E-state index contributed by atoms with van der Waals surface area (Å²) in [6.07, 6.45) is 2.17. The van der Waals surface area contributed by atoms with Crippen LogP contribution in [0.25, 0.3) is 10.9 Å². The van der Waals surface area contributed by atoms with Crippen molar-refractivity contribution in [2.75, 3.05) is 20.8 Å². The first-order valence-corrected chi connectivity index (χ1v) is 9.27. The highest BCUT2D eigenvalue weighted by Crippen LogP contribution is 2.34. The SMILES string of the molecule is COc1cc2c(cc1OC)CN(C(=O)c1cn(C(C)=O)c3ccc(F)cc13)CC2. The molecule has 1 aromatic heterocycles. The number of benzene rings is 2. The molecule has 0 unspecified atom stereocenters. The third-order valence-electron chi connectivity index (χ3n) is 5.34. The van der Waals surface area contributed by atoms with Crippen molar-refractivity contribution in [1.82, 2.24) is 9.47 Å². The fraction of sp³-hybridized carbons (Fsp3) is 0.273. The molecule has 1 amide bonds. The van der Waals surface area contributed by atoms with E-state index in [1.54, 1.807) is 19.1 Å². The maximum atomic E-state index is 13.8. The molecule has 0 spiro atoms. The number of amides is 1. The molecular weight excluding hydrogens is 375 g/mol. The van der Waals surface area contributed by atoms with Crippen molar-refractivity contribution in [2.45, 2.75) is 19.9 Å². The van der Waals surface area contributed by atoms with Crippen LogP contribution >= 0.6 is 0 Å². The zero-order valence-electron chi connectivity index (χ0n) is 16.5. The highest BCUT2D eigenvalue weighted by Gasteiger charge is 2.26. The molecule has 0 fully saturated rings. The van der Waals surface area contributed by atoms with Crippen LogP contribution in [0, 0.1) is 5.82 Å². The van der Waals surface area contributed by atoms with Crippen LogP contribution in [0.3, 0.4) is 0 Å². The Bertz CT molecular complexity index is 1140. The average Bonchev–Trinajstić information content (AvgIpc) is 3.10. The smallest absolute Gasteiger partial charge is 0.256 e. The fourth-order valence-corrected chi connectivity index (χ4v) is 3.86. The van der Waals surface area contributed by atoms with E-state index in [1.807, 2.05) is 12.1 Å². The third kappa shape index (κ3) is 3.22. The van der Waals surface area contributed by atoms with Crippen LogP contribution in [0.1, 0.15) is 33.2 Å². The minimum absolute atomic E-state index is 0.235. The van der Waals surface area contributed by atoms with Crippen LogP contribution in [-0.4, -0.2) is 42.0 Å². The Morgan fingerprint density at radius 1 is 1.03 bits per heavy atom. The molecule has 0 atom stereocenters. The van der Waals surface area contributed by atoms with E-state index >= 15 is 0 Å². The second kappa shape index (κ2) is 7.24. The number of aromatic nitrogens is 1. The maximum Gasteiger partial charge on any atom is 0.256 e. The molecule has 0 saturated heterocycles. The number of carbonyl (C=O) groups excluding carboxylic acids is 2. The highest BCUT2D eigenvalue weighted by atomic mass is 19.1. The molecule has 6 nitrogen and oxygen atoms in total. The van der Waals surface area contributed by atoms with E-state index in [2.05, 4.69) is 0 Å². The van der Waals surface area contributed by atoms with Crippen molar-refractivity contribution in [3.63, 3.8) is 0 Å². The summed E-state index contributed by atoms with van der Waals surface area (Å²) in [6, 6.07) is 7.92. The van der Waals surface area contributed by atoms with Crippen LogP contribution in [0.2, 0.25) is 0 Å².